The second kappa shape index (κ2) is 14.3. The number of allylic oxidation sites excluding steroid dienone is 2. The van der Waals surface area contributed by atoms with Crippen molar-refractivity contribution >= 4 is 40.5 Å². The van der Waals surface area contributed by atoms with E-state index in [-0.39, 0.29) is 24.8 Å². The number of aliphatic hydroxyl groups is 2. The number of carbonyl (C=O) groups is 2. The van der Waals surface area contributed by atoms with Gasteiger partial charge in [0, 0.05) is 23.5 Å². The number of nitrogens with zero attached hydrogens (tertiary/aromatic N) is 2. The molecule has 9 heteroatoms. The van der Waals surface area contributed by atoms with Gasteiger partial charge in [0.25, 0.3) is 0 Å². The average Bonchev–Trinajstić information content (AvgIpc) is 3.36. The number of phenolic OH excluding ortho intramolecular Hbond substituents is 1. The van der Waals surface area contributed by atoms with Crippen LogP contribution in [0.25, 0.3) is 11.6 Å². The number of imide groups is 1. The van der Waals surface area contributed by atoms with E-state index in [4.69, 9.17) is 0 Å². The highest BCUT2D eigenvalue weighted by Gasteiger charge is 2.55. The second-order valence-corrected chi connectivity index (χ2v) is 12.2. The Kier molecular flexibility index (Phi) is 9.80. The van der Waals surface area contributed by atoms with Crippen LogP contribution in [0.15, 0.2) is 108 Å². The number of carbonyl (C=O) groups excluding carboxylic acids is 2. The number of aromatic hydroxyl groups is 1. The molecule has 1 fully saturated rings. The maximum atomic E-state index is 14.1. The van der Waals surface area contributed by atoms with Gasteiger partial charge in [0.05, 0.1) is 35.9 Å². The highest BCUT2D eigenvalue weighted by atomic mass is 19.1. The fraction of sp³-hybridized carbons (Fsp3) is 0.256. The van der Waals surface area contributed by atoms with Crippen molar-refractivity contribution in [1.82, 2.24) is 4.98 Å². The first kappa shape index (κ1) is 32.8. The highest BCUT2D eigenvalue weighted by molar-refractivity contribution is 6.22. The molecule has 1 aliphatic heterocycles. The summed E-state index contributed by atoms with van der Waals surface area (Å²) in [5.74, 6) is -4.00. The Bertz CT molecular complexity index is 1840. The number of amides is 2. The van der Waals surface area contributed by atoms with E-state index in [0.29, 0.717) is 41.8 Å². The molecule has 1 aromatic heterocycles. The maximum Gasteiger partial charge on any atom is 0.238 e. The third kappa shape index (κ3) is 6.65. The Morgan fingerprint density at radius 1 is 1.00 bits per heavy atom. The first-order chi connectivity index (χ1) is 23.3. The topological polar surface area (TPSA) is 123 Å². The zero-order chi connectivity index (χ0) is 33.8. The molecule has 0 bridgehead atoms. The molecule has 246 valence electrons. The number of rotatable bonds is 11. The molecule has 0 radical (unpaired) electrons. The standard InChI is InChI=1S/C39H38FN3O5/c1-2-25-22-30-37(39(48)43(38(30)47)29-15-13-28(14-16-29)42-27-8-4-3-5-9-27)31(23-44)36(25)35(46)18-12-26(33-10-6-7-19-41-33)20-24-11-17-34(45)32(40)21-24/h3-11,13-17,19-21,30-31,35,37,42,44-46H,2,12,18,22-23H2,1H3/b26-20-/t30-,31+,35-,37-/m1/s1. The Morgan fingerprint density at radius 3 is 2.40 bits per heavy atom. The van der Waals surface area contributed by atoms with Crippen LogP contribution in [0.4, 0.5) is 21.5 Å². The van der Waals surface area contributed by atoms with Gasteiger partial charge in [-0.05, 0) is 109 Å². The van der Waals surface area contributed by atoms with Crippen LogP contribution in [0, 0.1) is 23.6 Å². The van der Waals surface area contributed by atoms with Gasteiger partial charge in [0.15, 0.2) is 11.6 Å². The van der Waals surface area contributed by atoms with Crippen LogP contribution in [-0.2, 0) is 9.59 Å². The van der Waals surface area contributed by atoms with Gasteiger partial charge >= 0.3 is 0 Å². The van der Waals surface area contributed by atoms with Gasteiger partial charge in [-0.25, -0.2) is 4.39 Å². The number of anilines is 3. The molecule has 0 spiro atoms. The van der Waals surface area contributed by atoms with Crippen molar-refractivity contribution in [3.63, 3.8) is 0 Å². The van der Waals surface area contributed by atoms with E-state index >= 15 is 0 Å². The largest absolute Gasteiger partial charge is 0.505 e. The van der Waals surface area contributed by atoms with Gasteiger partial charge in [-0.3, -0.25) is 19.5 Å². The number of hydrogen-bond acceptors (Lipinski definition) is 7. The molecular weight excluding hydrogens is 609 g/mol. The van der Waals surface area contributed by atoms with Gasteiger partial charge in [-0.1, -0.05) is 42.8 Å². The zero-order valence-corrected chi connectivity index (χ0v) is 26.6. The summed E-state index contributed by atoms with van der Waals surface area (Å²) in [5.41, 5.74) is 5.60. The average molecular weight is 648 g/mol. The summed E-state index contributed by atoms with van der Waals surface area (Å²) in [6, 6.07) is 26.4. The van der Waals surface area contributed by atoms with E-state index in [1.165, 1.54) is 17.0 Å². The quantitative estimate of drug-likeness (QED) is 0.103. The lowest BCUT2D eigenvalue weighted by molar-refractivity contribution is -0.123. The minimum Gasteiger partial charge on any atom is -0.505 e. The van der Waals surface area contributed by atoms with E-state index in [1.807, 2.05) is 61.5 Å². The Balaban J connectivity index is 1.23. The molecule has 8 nitrogen and oxygen atoms in total. The number of benzene rings is 3. The molecule has 2 heterocycles. The van der Waals surface area contributed by atoms with Crippen molar-refractivity contribution in [1.29, 1.82) is 0 Å². The molecule has 4 atom stereocenters. The molecule has 0 saturated carbocycles. The van der Waals surface area contributed by atoms with Crippen LogP contribution in [0.5, 0.6) is 5.75 Å². The van der Waals surface area contributed by atoms with Gasteiger partial charge in [0.1, 0.15) is 0 Å². The normalized spacial score (nSPS) is 20.2. The number of halogens is 1. The lowest BCUT2D eigenvalue weighted by Gasteiger charge is -2.36. The van der Waals surface area contributed by atoms with Crippen molar-refractivity contribution in [2.75, 3.05) is 16.8 Å². The summed E-state index contributed by atoms with van der Waals surface area (Å²) >= 11 is 0. The molecule has 2 aliphatic rings. The number of aliphatic hydroxyl groups excluding tert-OH is 2. The van der Waals surface area contributed by atoms with Gasteiger partial charge in [-0.15, -0.1) is 0 Å². The molecule has 1 aliphatic carbocycles. The van der Waals surface area contributed by atoms with Crippen LogP contribution >= 0.6 is 0 Å². The molecule has 6 rings (SSSR count). The lowest BCUT2D eigenvalue weighted by atomic mass is 9.67. The monoisotopic (exact) mass is 647 g/mol. The number of para-hydroxylation sites is 1. The van der Waals surface area contributed by atoms with Crippen LogP contribution in [-0.4, -0.2) is 44.8 Å². The van der Waals surface area contributed by atoms with Crippen LogP contribution < -0.4 is 10.2 Å². The fourth-order valence-corrected chi connectivity index (χ4v) is 7.02. The van der Waals surface area contributed by atoms with Crippen molar-refractivity contribution in [3.8, 4) is 5.75 Å². The summed E-state index contributed by atoms with van der Waals surface area (Å²) in [5, 5.41) is 35.3. The molecule has 48 heavy (non-hydrogen) atoms. The molecular formula is C39H38FN3O5. The second-order valence-electron chi connectivity index (χ2n) is 12.2. The fourth-order valence-electron chi connectivity index (χ4n) is 7.02. The van der Waals surface area contributed by atoms with Gasteiger partial charge in [-0.2, -0.15) is 0 Å². The first-order valence-electron chi connectivity index (χ1n) is 16.2. The molecule has 3 aromatic carbocycles. The van der Waals surface area contributed by atoms with Crippen LogP contribution in [0.1, 0.15) is 43.9 Å². The van der Waals surface area contributed by atoms with Crippen molar-refractivity contribution in [2.45, 2.75) is 38.7 Å². The third-order valence-electron chi connectivity index (χ3n) is 9.35. The smallest absolute Gasteiger partial charge is 0.238 e. The zero-order valence-electron chi connectivity index (χ0n) is 26.6. The van der Waals surface area contributed by atoms with Crippen molar-refractivity contribution < 1.29 is 29.3 Å². The number of fused-ring (bicyclic) bond motifs is 1. The van der Waals surface area contributed by atoms with Crippen molar-refractivity contribution in [2.24, 2.45) is 17.8 Å². The molecule has 1 saturated heterocycles. The Labute approximate surface area is 278 Å². The highest BCUT2D eigenvalue weighted by Crippen LogP contribution is 2.48. The van der Waals surface area contributed by atoms with Gasteiger partial charge in [0.2, 0.25) is 11.8 Å². The number of hydrogen-bond donors (Lipinski definition) is 4. The van der Waals surface area contributed by atoms with E-state index in [9.17, 15) is 29.3 Å². The van der Waals surface area contributed by atoms with Crippen molar-refractivity contribution in [3.05, 3.63) is 125 Å². The Morgan fingerprint density at radius 2 is 1.73 bits per heavy atom. The maximum absolute atomic E-state index is 14.1. The third-order valence-corrected chi connectivity index (χ3v) is 9.35. The van der Waals surface area contributed by atoms with E-state index < -0.39 is 35.4 Å². The number of phenols is 1. The van der Waals surface area contributed by atoms with Gasteiger partial charge < -0.3 is 20.6 Å². The molecule has 0 unspecified atom stereocenters. The summed E-state index contributed by atoms with van der Waals surface area (Å²) in [6.45, 7) is 1.56. The Hall–Kier alpha value is -5.12. The first-order valence-corrected chi connectivity index (χ1v) is 16.2. The molecule has 4 N–H and O–H groups in total. The van der Waals surface area contributed by atoms with Crippen LogP contribution in [0.3, 0.4) is 0 Å². The predicted molar refractivity (Wildman–Crippen MR) is 184 cm³/mol. The lowest BCUT2D eigenvalue weighted by Crippen LogP contribution is -2.39. The minimum atomic E-state index is -0.998. The number of aromatic nitrogens is 1. The molecule has 4 aromatic rings. The predicted octanol–water partition coefficient (Wildman–Crippen LogP) is 6.88. The number of pyridine rings is 1. The van der Waals surface area contributed by atoms with E-state index in [0.717, 1.165) is 22.5 Å². The summed E-state index contributed by atoms with van der Waals surface area (Å²) in [7, 11) is 0. The summed E-state index contributed by atoms with van der Waals surface area (Å²) < 4.78 is 14.1. The SMILES string of the molecule is CCC1=C([C@H](O)CC/C(=C/c2ccc(O)c(F)c2)c2ccccn2)[C@H](CO)[C@@H]2C(=O)N(c3ccc(Nc4ccccc4)cc3)C(=O)[C@@H]2C1. The molecule has 2 amide bonds. The summed E-state index contributed by atoms with van der Waals surface area (Å²) in [4.78, 5) is 33.4. The minimum absolute atomic E-state index is 0.247. The van der Waals surface area contributed by atoms with E-state index in [1.54, 1.807) is 36.5 Å². The number of nitrogens with one attached hydrogen (secondary N) is 1. The van der Waals surface area contributed by atoms with Crippen LogP contribution in [0.2, 0.25) is 0 Å². The summed E-state index contributed by atoms with van der Waals surface area (Å²) in [6.07, 6.45) is 3.91. The van der Waals surface area contributed by atoms with E-state index in [2.05, 4.69) is 10.3 Å².